The van der Waals surface area contributed by atoms with E-state index in [1.54, 1.807) is 0 Å². The Morgan fingerprint density at radius 2 is 1.68 bits per heavy atom. The fraction of sp³-hybridized carbons (Fsp3) is 0.0625. The van der Waals surface area contributed by atoms with E-state index in [0.29, 0.717) is 11.5 Å². The van der Waals surface area contributed by atoms with Gasteiger partial charge >= 0.3 is 5.69 Å². The number of para-hydroxylation sites is 1. The fourth-order valence-corrected chi connectivity index (χ4v) is 2.15. The lowest BCUT2D eigenvalue weighted by Gasteiger charge is -2.16. The van der Waals surface area contributed by atoms with Gasteiger partial charge in [0.2, 0.25) is 0 Å². The Kier molecular flexibility index (Phi) is 3.67. The van der Waals surface area contributed by atoms with E-state index in [1.807, 2.05) is 61.5 Å². The smallest absolute Gasteiger partial charge is 0.290 e. The van der Waals surface area contributed by atoms with Crippen LogP contribution in [0.5, 0.6) is 0 Å². The Labute approximate surface area is 127 Å². The average Bonchev–Trinajstić information content (AvgIpc) is 2.55. The highest BCUT2D eigenvalue weighted by molar-refractivity contribution is 5.62. The average molecular weight is 293 g/mol. The molecule has 3 N–H and O–H groups in total. The molecule has 0 saturated carbocycles. The van der Waals surface area contributed by atoms with Gasteiger partial charge in [0.05, 0.1) is 5.69 Å². The number of aromatic amines is 1. The fourth-order valence-electron chi connectivity index (χ4n) is 2.15. The summed E-state index contributed by atoms with van der Waals surface area (Å²) in [6.07, 6.45) is 0. The molecule has 0 spiro atoms. The lowest BCUT2D eigenvalue weighted by atomic mass is 10.1. The van der Waals surface area contributed by atoms with Crippen LogP contribution >= 0.6 is 0 Å². The molecule has 0 aliphatic rings. The molecule has 22 heavy (non-hydrogen) atoms. The van der Waals surface area contributed by atoms with Gasteiger partial charge < -0.3 is 0 Å². The number of nitrogens with zero attached hydrogens (tertiary/aromatic N) is 3. The number of hydrogen-bond donors (Lipinski definition) is 2. The highest BCUT2D eigenvalue weighted by atomic mass is 16.1. The molecule has 0 fully saturated rings. The molecule has 3 aromatic rings. The molecule has 0 aliphatic carbocycles. The van der Waals surface area contributed by atoms with Gasteiger partial charge in [0, 0.05) is 5.56 Å². The maximum atomic E-state index is 11.8. The third-order valence-corrected chi connectivity index (χ3v) is 3.29. The summed E-state index contributed by atoms with van der Waals surface area (Å²) in [6.45, 7) is 1.95. The number of hydrazine groups is 1. The van der Waals surface area contributed by atoms with Crippen molar-refractivity contribution < 1.29 is 0 Å². The number of anilines is 2. The highest BCUT2D eigenvalue weighted by Crippen LogP contribution is 2.21. The normalized spacial score (nSPS) is 10.5. The van der Waals surface area contributed by atoms with Crippen LogP contribution < -0.4 is 16.5 Å². The first-order valence-corrected chi connectivity index (χ1v) is 6.79. The minimum absolute atomic E-state index is 0.146. The van der Waals surface area contributed by atoms with E-state index >= 15 is 0 Å². The van der Waals surface area contributed by atoms with E-state index in [4.69, 9.17) is 5.84 Å². The van der Waals surface area contributed by atoms with E-state index < -0.39 is 5.69 Å². The first-order chi connectivity index (χ1) is 10.6. The Bertz CT molecular complexity index is 844. The molecular formula is C16H15N5O. The van der Waals surface area contributed by atoms with Crippen LogP contribution in [0, 0.1) is 6.92 Å². The summed E-state index contributed by atoms with van der Waals surface area (Å²) in [4.78, 5) is 22.7. The summed E-state index contributed by atoms with van der Waals surface area (Å²) in [7, 11) is 0. The first kappa shape index (κ1) is 14.0. The maximum Gasteiger partial charge on any atom is 0.349 e. The van der Waals surface area contributed by atoms with Crippen molar-refractivity contribution in [1.29, 1.82) is 0 Å². The zero-order valence-corrected chi connectivity index (χ0v) is 12.0. The van der Waals surface area contributed by atoms with Crippen LogP contribution in [0.4, 0.5) is 11.6 Å². The van der Waals surface area contributed by atoms with Gasteiger partial charge in [0.25, 0.3) is 5.95 Å². The SMILES string of the molecule is Cc1ccccc1-c1nc(N(N)c2ccccc2)nc(=O)[nH]1. The van der Waals surface area contributed by atoms with Gasteiger partial charge in [-0.2, -0.15) is 9.97 Å². The Morgan fingerprint density at radius 1 is 1.00 bits per heavy atom. The molecule has 0 aliphatic heterocycles. The van der Waals surface area contributed by atoms with Gasteiger partial charge in [-0.15, -0.1) is 0 Å². The number of aryl methyl sites for hydroxylation is 1. The zero-order chi connectivity index (χ0) is 15.5. The van der Waals surface area contributed by atoms with Gasteiger partial charge in [-0.05, 0) is 24.6 Å². The molecule has 6 heteroatoms. The molecule has 110 valence electrons. The summed E-state index contributed by atoms with van der Waals surface area (Å²) in [5, 5.41) is 1.29. The molecule has 0 bridgehead atoms. The van der Waals surface area contributed by atoms with Gasteiger partial charge in [0.15, 0.2) is 0 Å². The van der Waals surface area contributed by atoms with E-state index in [0.717, 1.165) is 11.1 Å². The van der Waals surface area contributed by atoms with Crippen molar-refractivity contribution in [3.05, 3.63) is 70.6 Å². The largest absolute Gasteiger partial charge is 0.349 e. The van der Waals surface area contributed by atoms with Crippen LogP contribution in [0.2, 0.25) is 0 Å². The summed E-state index contributed by atoms with van der Waals surface area (Å²) in [5.74, 6) is 6.62. The van der Waals surface area contributed by atoms with Crippen molar-refractivity contribution in [2.24, 2.45) is 5.84 Å². The molecule has 0 amide bonds. The Balaban J connectivity index is 2.08. The van der Waals surface area contributed by atoms with Crippen molar-refractivity contribution in [2.45, 2.75) is 6.92 Å². The molecule has 6 nitrogen and oxygen atoms in total. The number of rotatable bonds is 3. The van der Waals surface area contributed by atoms with E-state index in [9.17, 15) is 4.79 Å². The first-order valence-electron chi connectivity index (χ1n) is 6.79. The summed E-state index contributed by atoms with van der Waals surface area (Å²) >= 11 is 0. The standard InChI is InChI=1S/C16H15N5O/c1-11-7-5-6-10-13(11)14-18-15(20-16(22)19-14)21(17)12-8-3-2-4-9-12/h2-10H,17H2,1H3,(H,18,19,20,22). The van der Waals surface area contributed by atoms with Crippen LogP contribution in [0.3, 0.4) is 0 Å². The topological polar surface area (TPSA) is 87.9 Å². The second kappa shape index (κ2) is 5.79. The lowest BCUT2D eigenvalue weighted by molar-refractivity contribution is 0.917. The number of benzene rings is 2. The highest BCUT2D eigenvalue weighted by Gasteiger charge is 2.12. The molecular weight excluding hydrogens is 278 g/mol. The molecule has 2 aromatic carbocycles. The van der Waals surface area contributed by atoms with Crippen molar-refractivity contribution in [1.82, 2.24) is 15.0 Å². The molecule has 0 unspecified atom stereocenters. The lowest BCUT2D eigenvalue weighted by Crippen LogP contribution is -2.30. The molecule has 3 rings (SSSR count). The predicted molar refractivity (Wildman–Crippen MR) is 85.6 cm³/mol. The molecule has 1 heterocycles. The predicted octanol–water partition coefficient (Wildman–Crippen LogP) is 2.15. The Hall–Kier alpha value is -2.99. The van der Waals surface area contributed by atoms with Gasteiger partial charge in [0.1, 0.15) is 5.82 Å². The summed E-state index contributed by atoms with van der Waals surface area (Å²) in [5.41, 5.74) is 2.05. The molecule has 0 atom stereocenters. The van der Waals surface area contributed by atoms with Crippen LogP contribution in [0.25, 0.3) is 11.4 Å². The van der Waals surface area contributed by atoms with Crippen molar-refractivity contribution in [2.75, 3.05) is 5.01 Å². The van der Waals surface area contributed by atoms with E-state index in [2.05, 4.69) is 15.0 Å². The molecule has 1 aromatic heterocycles. The summed E-state index contributed by atoms with van der Waals surface area (Å²) in [6, 6.07) is 16.9. The number of H-pyrrole nitrogens is 1. The van der Waals surface area contributed by atoms with Crippen molar-refractivity contribution in [3.63, 3.8) is 0 Å². The van der Waals surface area contributed by atoms with Crippen LogP contribution in [-0.4, -0.2) is 15.0 Å². The van der Waals surface area contributed by atoms with E-state index in [1.165, 1.54) is 5.01 Å². The van der Waals surface area contributed by atoms with E-state index in [-0.39, 0.29) is 5.95 Å². The van der Waals surface area contributed by atoms with Crippen LogP contribution in [0.1, 0.15) is 5.56 Å². The number of hydrogen-bond acceptors (Lipinski definition) is 5. The monoisotopic (exact) mass is 293 g/mol. The number of nitrogens with two attached hydrogens (primary N) is 1. The third-order valence-electron chi connectivity index (χ3n) is 3.29. The van der Waals surface area contributed by atoms with Gasteiger partial charge in [-0.3, -0.25) is 4.98 Å². The quantitative estimate of drug-likeness (QED) is 0.570. The second-order valence-electron chi connectivity index (χ2n) is 4.82. The van der Waals surface area contributed by atoms with Gasteiger partial charge in [-0.1, -0.05) is 42.5 Å². The zero-order valence-electron chi connectivity index (χ0n) is 12.0. The van der Waals surface area contributed by atoms with Crippen molar-refractivity contribution >= 4 is 11.6 Å². The minimum Gasteiger partial charge on any atom is -0.290 e. The second-order valence-corrected chi connectivity index (χ2v) is 4.82. The number of nitrogens with one attached hydrogen (secondary N) is 1. The molecule has 0 radical (unpaired) electrons. The third kappa shape index (κ3) is 2.72. The number of aromatic nitrogens is 3. The van der Waals surface area contributed by atoms with Gasteiger partial charge in [-0.25, -0.2) is 15.6 Å². The minimum atomic E-state index is -0.491. The molecule has 0 saturated heterocycles. The van der Waals surface area contributed by atoms with Crippen LogP contribution in [0.15, 0.2) is 59.4 Å². The van der Waals surface area contributed by atoms with Crippen molar-refractivity contribution in [3.8, 4) is 11.4 Å². The van der Waals surface area contributed by atoms with Crippen LogP contribution in [-0.2, 0) is 0 Å². The Morgan fingerprint density at radius 3 is 2.41 bits per heavy atom. The maximum absolute atomic E-state index is 11.8. The summed E-state index contributed by atoms with van der Waals surface area (Å²) < 4.78 is 0.